The first kappa shape index (κ1) is 20.5. The van der Waals surface area contributed by atoms with Crippen molar-refractivity contribution in [2.75, 3.05) is 36.9 Å². The molecule has 1 aromatic heterocycles. The number of hydrogen-bond donors (Lipinski definition) is 2. The Balaban J connectivity index is 1.28. The van der Waals surface area contributed by atoms with E-state index in [9.17, 15) is 13.2 Å². The molecule has 2 N–H and O–H groups in total. The lowest BCUT2D eigenvalue weighted by Crippen LogP contribution is -2.37. The number of aromatic nitrogens is 2. The number of benzene rings is 1. The van der Waals surface area contributed by atoms with Crippen LogP contribution < -0.4 is 10.6 Å². The fraction of sp³-hybridized carbons (Fsp3) is 0.524. The Labute approximate surface area is 178 Å². The number of rotatable bonds is 6. The topological polar surface area (TPSA) is 71.5 Å². The van der Waals surface area contributed by atoms with Crippen molar-refractivity contribution in [2.45, 2.75) is 44.3 Å². The minimum absolute atomic E-state index is 0.0515. The van der Waals surface area contributed by atoms with E-state index < -0.39 is 11.7 Å². The van der Waals surface area contributed by atoms with Crippen molar-refractivity contribution in [3.8, 4) is 0 Å². The van der Waals surface area contributed by atoms with E-state index in [2.05, 4.69) is 25.5 Å². The summed E-state index contributed by atoms with van der Waals surface area (Å²) in [4.78, 5) is 10.3. The SMILES string of the molecule is FC(F)(F)c1cnc(Nc2ccc3c(c2)CCN(CC2OCCO2)C3)nc1NC1CC1. The molecule has 1 saturated carbocycles. The van der Waals surface area contributed by atoms with Crippen LogP contribution in [0.15, 0.2) is 24.4 Å². The van der Waals surface area contributed by atoms with Gasteiger partial charge in [-0.2, -0.15) is 18.2 Å². The van der Waals surface area contributed by atoms with E-state index in [0.29, 0.717) is 13.2 Å². The molecule has 10 heteroatoms. The molecule has 7 nitrogen and oxygen atoms in total. The second-order valence-corrected chi connectivity index (χ2v) is 8.14. The van der Waals surface area contributed by atoms with Crippen LogP contribution in [0.2, 0.25) is 0 Å². The van der Waals surface area contributed by atoms with Gasteiger partial charge in [-0.15, -0.1) is 0 Å². The van der Waals surface area contributed by atoms with Crippen LogP contribution >= 0.6 is 0 Å². The molecule has 2 aliphatic heterocycles. The Morgan fingerprint density at radius 2 is 1.94 bits per heavy atom. The fourth-order valence-corrected chi connectivity index (χ4v) is 3.88. The van der Waals surface area contributed by atoms with E-state index in [4.69, 9.17) is 9.47 Å². The molecule has 0 bridgehead atoms. The molecule has 0 unspecified atom stereocenters. The van der Waals surface area contributed by atoms with Crippen LogP contribution in [0.5, 0.6) is 0 Å². The first-order valence-electron chi connectivity index (χ1n) is 10.5. The minimum Gasteiger partial charge on any atom is -0.367 e. The average Bonchev–Trinajstić information content (AvgIpc) is 3.39. The lowest BCUT2D eigenvalue weighted by Gasteiger charge is -2.30. The first-order valence-corrected chi connectivity index (χ1v) is 10.5. The number of nitrogens with one attached hydrogen (secondary N) is 2. The third-order valence-corrected chi connectivity index (χ3v) is 5.66. The van der Waals surface area contributed by atoms with Gasteiger partial charge in [0.2, 0.25) is 5.95 Å². The second-order valence-electron chi connectivity index (χ2n) is 8.14. The van der Waals surface area contributed by atoms with Crippen LogP contribution in [0.3, 0.4) is 0 Å². The number of hydrogen-bond acceptors (Lipinski definition) is 7. The van der Waals surface area contributed by atoms with Crippen molar-refractivity contribution >= 4 is 17.5 Å². The standard InChI is InChI=1S/C21H24F3N5O2/c22-21(23,24)17-10-25-20(28-19(17)26-15-3-4-15)27-16-2-1-14-11-29(6-5-13(14)9-16)12-18-30-7-8-31-18/h1-2,9-10,15,18H,3-8,11-12H2,(H2,25,26,27,28). The third-order valence-electron chi connectivity index (χ3n) is 5.66. The summed E-state index contributed by atoms with van der Waals surface area (Å²) in [5, 5.41) is 5.92. The quantitative estimate of drug-likeness (QED) is 0.719. The number of nitrogens with zero attached hydrogens (tertiary/aromatic N) is 3. The highest BCUT2D eigenvalue weighted by Gasteiger charge is 2.37. The highest BCUT2D eigenvalue weighted by atomic mass is 19.4. The summed E-state index contributed by atoms with van der Waals surface area (Å²) in [5.41, 5.74) is 2.34. The third kappa shape index (κ3) is 4.91. The number of ether oxygens (including phenoxy) is 2. The zero-order chi connectivity index (χ0) is 21.4. The van der Waals surface area contributed by atoms with Gasteiger partial charge in [-0.05, 0) is 42.5 Å². The second kappa shape index (κ2) is 8.25. The largest absolute Gasteiger partial charge is 0.421 e. The predicted octanol–water partition coefficient (Wildman–Crippen LogP) is 3.54. The van der Waals surface area contributed by atoms with Crippen molar-refractivity contribution in [3.63, 3.8) is 0 Å². The Kier molecular flexibility index (Phi) is 5.45. The van der Waals surface area contributed by atoms with Gasteiger partial charge < -0.3 is 20.1 Å². The molecule has 5 rings (SSSR count). The minimum atomic E-state index is -4.50. The predicted molar refractivity (Wildman–Crippen MR) is 108 cm³/mol. The maximum Gasteiger partial charge on any atom is 0.421 e. The molecule has 2 aromatic rings. The lowest BCUT2D eigenvalue weighted by atomic mass is 9.99. The summed E-state index contributed by atoms with van der Waals surface area (Å²) in [6.45, 7) is 3.74. The van der Waals surface area contributed by atoms with Gasteiger partial charge in [0.25, 0.3) is 0 Å². The van der Waals surface area contributed by atoms with Gasteiger partial charge in [-0.3, -0.25) is 4.90 Å². The molecule has 166 valence electrons. The van der Waals surface area contributed by atoms with E-state index in [1.165, 1.54) is 11.1 Å². The van der Waals surface area contributed by atoms with Gasteiger partial charge in [-0.1, -0.05) is 6.07 Å². The van der Waals surface area contributed by atoms with Crippen LogP contribution in [0, 0.1) is 0 Å². The lowest BCUT2D eigenvalue weighted by molar-refractivity contribution is -0.137. The van der Waals surface area contributed by atoms with Crippen molar-refractivity contribution in [3.05, 3.63) is 41.1 Å². The van der Waals surface area contributed by atoms with E-state index >= 15 is 0 Å². The van der Waals surface area contributed by atoms with Crippen LogP contribution in [-0.2, 0) is 28.6 Å². The fourth-order valence-electron chi connectivity index (χ4n) is 3.88. The molecule has 31 heavy (non-hydrogen) atoms. The highest BCUT2D eigenvalue weighted by Crippen LogP contribution is 2.36. The normalized spacial score (nSPS) is 20.0. The van der Waals surface area contributed by atoms with Gasteiger partial charge in [0.15, 0.2) is 6.29 Å². The molecule has 3 heterocycles. The zero-order valence-corrected chi connectivity index (χ0v) is 16.9. The molecule has 1 aliphatic carbocycles. The van der Waals surface area contributed by atoms with Gasteiger partial charge in [0, 0.05) is 37.6 Å². The summed E-state index contributed by atoms with van der Waals surface area (Å²) in [5.74, 6) is -0.0264. The number of halogens is 3. The van der Waals surface area contributed by atoms with Crippen LogP contribution in [-0.4, -0.2) is 53.5 Å². The molecular formula is C21H24F3N5O2. The van der Waals surface area contributed by atoms with Gasteiger partial charge in [0.05, 0.1) is 13.2 Å². The molecule has 0 radical (unpaired) electrons. The van der Waals surface area contributed by atoms with Gasteiger partial charge in [-0.25, -0.2) is 4.98 Å². The number of fused-ring (bicyclic) bond motifs is 1. The Morgan fingerprint density at radius 3 is 2.68 bits per heavy atom. The maximum absolute atomic E-state index is 13.3. The van der Waals surface area contributed by atoms with E-state index in [1.54, 1.807) is 0 Å². The molecule has 0 amide bonds. The molecule has 3 aliphatic rings. The summed E-state index contributed by atoms with van der Waals surface area (Å²) in [6, 6.07) is 6.01. The van der Waals surface area contributed by atoms with Crippen molar-refractivity contribution in [1.82, 2.24) is 14.9 Å². The molecule has 1 aromatic carbocycles. The van der Waals surface area contributed by atoms with Crippen molar-refractivity contribution in [2.24, 2.45) is 0 Å². The van der Waals surface area contributed by atoms with Crippen molar-refractivity contribution in [1.29, 1.82) is 0 Å². The summed E-state index contributed by atoms with van der Waals surface area (Å²) in [6.07, 6.45) is -1.24. The Hall–Kier alpha value is -2.43. The summed E-state index contributed by atoms with van der Waals surface area (Å²) < 4.78 is 50.9. The smallest absolute Gasteiger partial charge is 0.367 e. The average molecular weight is 435 g/mol. The Morgan fingerprint density at radius 1 is 1.13 bits per heavy atom. The summed E-state index contributed by atoms with van der Waals surface area (Å²) >= 11 is 0. The highest BCUT2D eigenvalue weighted by molar-refractivity contribution is 5.59. The number of alkyl halides is 3. The molecule has 0 atom stereocenters. The number of anilines is 3. The monoisotopic (exact) mass is 435 g/mol. The molecule has 0 spiro atoms. The molecule has 2 fully saturated rings. The Bertz CT molecular complexity index is 945. The van der Waals surface area contributed by atoms with E-state index in [1.807, 2.05) is 18.2 Å². The van der Waals surface area contributed by atoms with E-state index in [0.717, 1.165) is 50.8 Å². The van der Waals surface area contributed by atoms with Gasteiger partial charge in [0.1, 0.15) is 11.4 Å². The van der Waals surface area contributed by atoms with E-state index in [-0.39, 0.29) is 24.1 Å². The van der Waals surface area contributed by atoms with Gasteiger partial charge >= 0.3 is 6.18 Å². The van der Waals surface area contributed by atoms with Crippen LogP contribution in [0.1, 0.15) is 29.5 Å². The van der Waals surface area contributed by atoms with Crippen molar-refractivity contribution < 1.29 is 22.6 Å². The molecule has 1 saturated heterocycles. The maximum atomic E-state index is 13.3. The van der Waals surface area contributed by atoms with Crippen LogP contribution in [0.4, 0.5) is 30.6 Å². The summed E-state index contributed by atoms with van der Waals surface area (Å²) in [7, 11) is 0. The molecular weight excluding hydrogens is 411 g/mol. The van der Waals surface area contributed by atoms with Crippen LogP contribution in [0.25, 0.3) is 0 Å². The first-order chi connectivity index (χ1) is 14.9. The zero-order valence-electron chi connectivity index (χ0n) is 16.9.